The number of hydrogen-bond acceptors (Lipinski definition) is 3. The van der Waals surface area contributed by atoms with Crippen LogP contribution in [0.4, 0.5) is 0 Å². The number of hydrogen-bond donors (Lipinski definition) is 1. The van der Waals surface area contributed by atoms with Crippen LogP contribution in [0.15, 0.2) is 53.6 Å². The summed E-state index contributed by atoms with van der Waals surface area (Å²) >= 11 is 0. The van der Waals surface area contributed by atoms with E-state index in [2.05, 4.69) is 29.4 Å². The van der Waals surface area contributed by atoms with Gasteiger partial charge in [-0.05, 0) is 43.0 Å². The lowest BCUT2D eigenvalue weighted by Crippen LogP contribution is -2.34. The number of carbonyl (C=O) groups is 1. The number of aromatic nitrogens is 2. The van der Waals surface area contributed by atoms with E-state index in [-0.39, 0.29) is 24.1 Å². The van der Waals surface area contributed by atoms with Crippen LogP contribution in [0.3, 0.4) is 0 Å². The molecule has 134 valence electrons. The third kappa shape index (κ3) is 3.67. The van der Waals surface area contributed by atoms with Gasteiger partial charge in [0.1, 0.15) is 6.54 Å². The van der Waals surface area contributed by atoms with E-state index in [0.717, 1.165) is 17.5 Å². The van der Waals surface area contributed by atoms with Crippen LogP contribution in [0.2, 0.25) is 0 Å². The van der Waals surface area contributed by atoms with E-state index in [1.54, 1.807) is 6.07 Å². The highest BCUT2D eigenvalue weighted by Gasteiger charge is 2.12. The van der Waals surface area contributed by atoms with E-state index in [9.17, 15) is 9.59 Å². The van der Waals surface area contributed by atoms with Crippen molar-refractivity contribution in [2.45, 2.75) is 39.8 Å². The number of fused-ring (bicyclic) bond motifs is 1. The molecule has 1 aromatic heterocycles. The Morgan fingerprint density at radius 1 is 1.19 bits per heavy atom. The van der Waals surface area contributed by atoms with Gasteiger partial charge in [0, 0.05) is 0 Å². The van der Waals surface area contributed by atoms with Crippen molar-refractivity contribution in [2.24, 2.45) is 0 Å². The molecule has 0 aliphatic carbocycles. The fourth-order valence-electron chi connectivity index (χ4n) is 3.02. The van der Waals surface area contributed by atoms with Crippen molar-refractivity contribution in [1.82, 2.24) is 14.9 Å². The lowest BCUT2D eigenvalue weighted by atomic mass is 10.1. The first-order chi connectivity index (χ1) is 12.5. The summed E-state index contributed by atoms with van der Waals surface area (Å²) in [7, 11) is 0. The topological polar surface area (TPSA) is 64.0 Å². The summed E-state index contributed by atoms with van der Waals surface area (Å²) in [6, 6.07) is 13.5. The number of nitrogens with zero attached hydrogens (tertiary/aromatic N) is 2. The molecule has 0 radical (unpaired) electrons. The molecule has 1 atom stereocenters. The summed E-state index contributed by atoms with van der Waals surface area (Å²) in [6.07, 6.45) is 2.43. The Kier molecular flexibility index (Phi) is 5.16. The van der Waals surface area contributed by atoms with E-state index in [0.29, 0.717) is 10.9 Å². The van der Waals surface area contributed by atoms with Gasteiger partial charge in [-0.3, -0.25) is 14.2 Å². The summed E-state index contributed by atoms with van der Waals surface area (Å²) < 4.78 is 1.35. The zero-order valence-corrected chi connectivity index (χ0v) is 15.3. The third-order valence-corrected chi connectivity index (χ3v) is 4.63. The van der Waals surface area contributed by atoms with Crippen LogP contribution >= 0.6 is 0 Å². The number of nitrogens with one attached hydrogen (secondary N) is 1. The first-order valence-electron chi connectivity index (χ1n) is 8.82. The average molecular weight is 349 g/mol. The van der Waals surface area contributed by atoms with E-state index < -0.39 is 0 Å². The summed E-state index contributed by atoms with van der Waals surface area (Å²) in [6.45, 7) is 5.91. The SMILES string of the molecule is CCc1ccc(C(C)NC(=O)Cn2cnc3c(C)cccc3c2=O)cc1. The van der Waals surface area contributed by atoms with Crippen molar-refractivity contribution in [3.05, 3.63) is 75.8 Å². The highest BCUT2D eigenvalue weighted by molar-refractivity contribution is 5.81. The van der Waals surface area contributed by atoms with Gasteiger partial charge in [0.2, 0.25) is 5.91 Å². The maximum absolute atomic E-state index is 12.6. The molecule has 0 spiro atoms. The van der Waals surface area contributed by atoms with Gasteiger partial charge in [-0.1, -0.05) is 43.3 Å². The standard InChI is InChI=1S/C21H23N3O2/c1-4-16-8-10-17(11-9-16)15(3)23-19(25)12-24-13-22-20-14(2)6-5-7-18(20)21(24)26/h5-11,13,15H,4,12H2,1-3H3,(H,23,25). The van der Waals surface area contributed by atoms with E-state index >= 15 is 0 Å². The van der Waals surface area contributed by atoms with Crippen molar-refractivity contribution in [2.75, 3.05) is 0 Å². The van der Waals surface area contributed by atoms with E-state index in [1.807, 2.05) is 38.1 Å². The van der Waals surface area contributed by atoms with Crippen molar-refractivity contribution < 1.29 is 4.79 Å². The molecule has 0 saturated carbocycles. The molecule has 0 aliphatic heterocycles. The summed E-state index contributed by atoms with van der Waals surface area (Å²) in [5, 5.41) is 3.47. The second-order valence-electron chi connectivity index (χ2n) is 6.53. The number of rotatable bonds is 5. The molecule has 2 aromatic carbocycles. The molecule has 1 amide bonds. The van der Waals surface area contributed by atoms with Crippen LogP contribution in [-0.2, 0) is 17.8 Å². The monoisotopic (exact) mass is 349 g/mol. The predicted molar refractivity (Wildman–Crippen MR) is 103 cm³/mol. The van der Waals surface area contributed by atoms with Crippen molar-refractivity contribution in [3.8, 4) is 0 Å². The van der Waals surface area contributed by atoms with Crippen LogP contribution in [0.1, 0.15) is 36.6 Å². The molecule has 5 nitrogen and oxygen atoms in total. The van der Waals surface area contributed by atoms with Crippen LogP contribution in [0.5, 0.6) is 0 Å². The van der Waals surface area contributed by atoms with Gasteiger partial charge in [0.15, 0.2) is 0 Å². The minimum Gasteiger partial charge on any atom is -0.348 e. The predicted octanol–water partition coefficient (Wildman–Crippen LogP) is 3.14. The highest BCUT2D eigenvalue weighted by Crippen LogP contribution is 2.14. The van der Waals surface area contributed by atoms with Gasteiger partial charge >= 0.3 is 0 Å². The van der Waals surface area contributed by atoms with E-state index in [1.165, 1.54) is 16.5 Å². The molecular formula is C21H23N3O2. The molecule has 0 saturated heterocycles. The fourth-order valence-corrected chi connectivity index (χ4v) is 3.02. The quantitative estimate of drug-likeness (QED) is 0.770. The molecule has 0 bridgehead atoms. The molecule has 0 aliphatic rings. The van der Waals surface area contributed by atoms with Crippen molar-refractivity contribution in [1.29, 1.82) is 0 Å². The van der Waals surface area contributed by atoms with E-state index in [4.69, 9.17) is 0 Å². The first kappa shape index (κ1) is 17.9. The Balaban J connectivity index is 1.74. The second kappa shape index (κ2) is 7.52. The van der Waals surface area contributed by atoms with Gasteiger partial charge in [-0.2, -0.15) is 0 Å². The summed E-state index contributed by atoms with van der Waals surface area (Å²) in [4.78, 5) is 29.3. The van der Waals surface area contributed by atoms with Crippen molar-refractivity contribution in [3.63, 3.8) is 0 Å². The molecular weight excluding hydrogens is 326 g/mol. The van der Waals surface area contributed by atoms with Gasteiger partial charge < -0.3 is 5.32 Å². The van der Waals surface area contributed by atoms with Crippen LogP contribution in [0, 0.1) is 6.92 Å². The smallest absolute Gasteiger partial charge is 0.261 e. The molecule has 3 aromatic rings. The Bertz CT molecular complexity index is 990. The fraction of sp³-hybridized carbons (Fsp3) is 0.286. The molecule has 5 heteroatoms. The average Bonchev–Trinajstić information content (AvgIpc) is 2.64. The number of aryl methyl sites for hydroxylation is 2. The van der Waals surface area contributed by atoms with Gasteiger partial charge in [-0.25, -0.2) is 4.98 Å². The maximum atomic E-state index is 12.6. The molecule has 1 N–H and O–H groups in total. The largest absolute Gasteiger partial charge is 0.348 e. The zero-order chi connectivity index (χ0) is 18.7. The van der Waals surface area contributed by atoms with Crippen LogP contribution < -0.4 is 10.9 Å². The number of para-hydroxylation sites is 1. The van der Waals surface area contributed by atoms with Gasteiger partial charge in [0.05, 0.1) is 23.3 Å². The number of carbonyl (C=O) groups excluding carboxylic acids is 1. The molecule has 1 unspecified atom stereocenters. The van der Waals surface area contributed by atoms with Crippen LogP contribution in [-0.4, -0.2) is 15.5 Å². The Morgan fingerprint density at radius 2 is 1.92 bits per heavy atom. The molecule has 3 rings (SSSR count). The minimum atomic E-state index is -0.215. The normalized spacial score (nSPS) is 12.1. The second-order valence-corrected chi connectivity index (χ2v) is 6.53. The van der Waals surface area contributed by atoms with Crippen LogP contribution in [0.25, 0.3) is 10.9 Å². The number of benzene rings is 2. The Labute approximate surface area is 152 Å². The van der Waals surface area contributed by atoms with Crippen molar-refractivity contribution >= 4 is 16.8 Å². The minimum absolute atomic E-state index is 0.0485. The summed E-state index contributed by atoms with van der Waals surface area (Å²) in [5.74, 6) is -0.215. The maximum Gasteiger partial charge on any atom is 0.261 e. The highest BCUT2D eigenvalue weighted by atomic mass is 16.2. The third-order valence-electron chi connectivity index (χ3n) is 4.63. The molecule has 26 heavy (non-hydrogen) atoms. The Morgan fingerprint density at radius 3 is 2.62 bits per heavy atom. The zero-order valence-electron chi connectivity index (χ0n) is 15.3. The first-order valence-corrected chi connectivity index (χ1v) is 8.82. The molecule has 1 heterocycles. The lowest BCUT2D eigenvalue weighted by Gasteiger charge is -2.15. The van der Waals surface area contributed by atoms with Gasteiger partial charge in [-0.15, -0.1) is 0 Å². The Hall–Kier alpha value is -2.95. The lowest BCUT2D eigenvalue weighted by molar-refractivity contribution is -0.122. The van der Waals surface area contributed by atoms with Gasteiger partial charge in [0.25, 0.3) is 5.56 Å². The summed E-state index contributed by atoms with van der Waals surface area (Å²) in [5.41, 5.74) is 3.72. The number of amides is 1. The molecule has 0 fully saturated rings.